The molecule has 2 fully saturated rings. The lowest BCUT2D eigenvalue weighted by Crippen LogP contribution is -2.48. The number of aromatic hydroxyl groups is 1. The minimum absolute atomic E-state index is 0.0174. The quantitative estimate of drug-likeness (QED) is 0.539. The number of halogens is 3. The van der Waals surface area contributed by atoms with Crippen molar-refractivity contribution in [3.05, 3.63) is 50.7 Å². The van der Waals surface area contributed by atoms with Gasteiger partial charge in [0, 0.05) is 4.47 Å². The second-order valence-electron chi connectivity index (χ2n) is 7.25. The van der Waals surface area contributed by atoms with E-state index >= 15 is 0 Å². The highest BCUT2D eigenvalue weighted by atomic mass is 79.9. The van der Waals surface area contributed by atoms with E-state index in [1.54, 1.807) is 0 Å². The number of amides is 1. The number of sulfonamides is 1. The number of benzene rings is 2. The van der Waals surface area contributed by atoms with E-state index in [1.165, 1.54) is 18.2 Å². The third kappa shape index (κ3) is 4.27. The van der Waals surface area contributed by atoms with E-state index in [0.717, 1.165) is 18.9 Å². The van der Waals surface area contributed by atoms with E-state index in [0.29, 0.717) is 17.7 Å². The first kappa shape index (κ1) is 21.4. The SMILES string of the molecule is O=C(NC1COC1)c1cc(NS(=O)(=O)c2cc(Br)cc(Cl)c2O)cc(C2CC2)c1F. The van der Waals surface area contributed by atoms with Gasteiger partial charge in [0.15, 0.2) is 5.75 Å². The van der Waals surface area contributed by atoms with Gasteiger partial charge in [-0.25, -0.2) is 12.8 Å². The van der Waals surface area contributed by atoms with Crippen LogP contribution >= 0.6 is 27.5 Å². The van der Waals surface area contributed by atoms with Gasteiger partial charge in [-0.15, -0.1) is 0 Å². The molecule has 0 unspecified atom stereocenters. The smallest absolute Gasteiger partial charge is 0.265 e. The molecule has 7 nitrogen and oxygen atoms in total. The summed E-state index contributed by atoms with van der Waals surface area (Å²) in [6, 6.07) is 4.86. The Hall–Kier alpha value is -1.88. The summed E-state index contributed by atoms with van der Waals surface area (Å²) in [5, 5.41) is 12.6. The summed E-state index contributed by atoms with van der Waals surface area (Å²) >= 11 is 9.01. The van der Waals surface area contributed by atoms with E-state index in [2.05, 4.69) is 26.0 Å². The number of carbonyl (C=O) groups excluding carboxylic acids is 1. The first-order chi connectivity index (χ1) is 14.2. The Balaban J connectivity index is 1.71. The van der Waals surface area contributed by atoms with Crippen LogP contribution in [0.2, 0.25) is 5.02 Å². The summed E-state index contributed by atoms with van der Waals surface area (Å²) in [7, 11) is -4.27. The number of anilines is 1. The average molecular weight is 520 g/mol. The fourth-order valence-corrected chi connectivity index (χ4v) is 5.30. The van der Waals surface area contributed by atoms with Crippen molar-refractivity contribution in [2.75, 3.05) is 17.9 Å². The number of phenolic OH excluding ortho intramolecular Hbond substituents is 1. The van der Waals surface area contributed by atoms with Gasteiger partial charge in [-0.3, -0.25) is 9.52 Å². The van der Waals surface area contributed by atoms with Crippen molar-refractivity contribution in [2.24, 2.45) is 0 Å². The molecule has 30 heavy (non-hydrogen) atoms. The molecule has 0 aromatic heterocycles. The van der Waals surface area contributed by atoms with Crippen LogP contribution in [-0.4, -0.2) is 38.7 Å². The number of phenols is 1. The number of nitrogens with one attached hydrogen (secondary N) is 2. The van der Waals surface area contributed by atoms with Crippen molar-refractivity contribution in [3.8, 4) is 5.75 Å². The van der Waals surface area contributed by atoms with Crippen molar-refractivity contribution < 1.29 is 27.4 Å². The molecule has 2 aliphatic rings. The Labute approximate surface area is 185 Å². The second-order valence-corrected chi connectivity index (χ2v) is 10.2. The van der Waals surface area contributed by atoms with Crippen LogP contribution in [0.1, 0.15) is 34.7 Å². The van der Waals surface area contributed by atoms with E-state index in [9.17, 15) is 22.7 Å². The molecule has 1 saturated heterocycles. The van der Waals surface area contributed by atoms with E-state index in [1.807, 2.05) is 0 Å². The molecule has 2 aromatic rings. The summed E-state index contributed by atoms with van der Waals surface area (Å²) < 4.78 is 48.4. The van der Waals surface area contributed by atoms with Crippen molar-refractivity contribution in [2.45, 2.75) is 29.7 Å². The Morgan fingerprint density at radius 1 is 1.23 bits per heavy atom. The highest BCUT2D eigenvalue weighted by Gasteiger charge is 2.32. The zero-order chi connectivity index (χ0) is 21.6. The maximum Gasteiger partial charge on any atom is 0.265 e. The van der Waals surface area contributed by atoms with Crippen LogP contribution in [0.4, 0.5) is 10.1 Å². The minimum Gasteiger partial charge on any atom is -0.505 e. The Morgan fingerprint density at radius 3 is 2.53 bits per heavy atom. The second kappa shape index (κ2) is 7.99. The molecule has 3 N–H and O–H groups in total. The van der Waals surface area contributed by atoms with E-state index < -0.39 is 32.4 Å². The highest BCUT2D eigenvalue weighted by Crippen LogP contribution is 2.43. The zero-order valence-electron chi connectivity index (χ0n) is 15.4. The molecule has 1 saturated carbocycles. The maximum absolute atomic E-state index is 15.0. The van der Waals surface area contributed by atoms with Gasteiger partial charge in [-0.2, -0.15) is 0 Å². The van der Waals surface area contributed by atoms with Gasteiger partial charge in [0.25, 0.3) is 15.9 Å². The predicted octanol–water partition coefficient (Wildman–Crippen LogP) is 3.75. The molecular weight excluding hydrogens is 503 g/mol. The molecular formula is C19H17BrClFN2O5S. The molecule has 1 amide bonds. The molecule has 0 spiro atoms. The van der Waals surface area contributed by atoms with Gasteiger partial charge in [0.1, 0.15) is 10.7 Å². The predicted molar refractivity (Wildman–Crippen MR) is 112 cm³/mol. The largest absolute Gasteiger partial charge is 0.505 e. The van der Waals surface area contributed by atoms with Crippen LogP contribution in [0, 0.1) is 5.82 Å². The minimum atomic E-state index is -4.27. The topological polar surface area (TPSA) is 105 Å². The number of hydrogen-bond donors (Lipinski definition) is 3. The van der Waals surface area contributed by atoms with Gasteiger partial charge in [0.2, 0.25) is 0 Å². The molecule has 11 heteroatoms. The average Bonchev–Trinajstić information content (AvgIpc) is 3.47. The van der Waals surface area contributed by atoms with Crippen molar-refractivity contribution in [1.82, 2.24) is 5.32 Å². The molecule has 1 aliphatic carbocycles. The first-order valence-corrected chi connectivity index (χ1v) is 11.7. The summed E-state index contributed by atoms with van der Waals surface area (Å²) in [4.78, 5) is 12.1. The maximum atomic E-state index is 15.0. The van der Waals surface area contributed by atoms with E-state index in [4.69, 9.17) is 16.3 Å². The number of hydrogen-bond acceptors (Lipinski definition) is 5. The Morgan fingerprint density at radius 2 is 1.93 bits per heavy atom. The number of carbonyl (C=O) groups is 1. The van der Waals surface area contributed by atoms with Crippen LogP contribution in [0.25, 0.3) is 0 Å². The first-order valence-electron chi connectivity index (χ1n) is 9.08. The van der Waals surface area contributed by atoms with Crippen molar-refractivity contribution in [1.29, 1.82) is 0 Å². The van der Waals surface area contributed by atoms with Gasteiger partial charge >= 0.3 is 0 Å². The van der Waals surface area contributed by atoms with Crippen molar-refractivity contribution >= 4 is 49.1 Å². The van der Waals surface area contributed by atoms with Gasteiger partial charge < -0.3 is 15.2 Å². The summed E-state index contributed by atoms with van der Waals surface area (Å²) in [5.41, 5.74) is 0.0472. The zero-order valence-corrected chi connectivity index (χ0v) is 18.6. The fourth-order valence-electron chi connectivity index (χ4n) is 3.10. The van der Waals surface area contributed by atoms with Gasteiger partial charge in [0.05, 0.1) is 35.5 Å². The van der Waals surface area contributed by atoms with E-state index in [-0.39, 0.29) is 33.8 Å². The number of ether oxygens (including phenoxy) is 1. The standard InChI is InChI=1S/C19H17BrClFN2O5S/c20-10-3-15(21)18(25)16(4-10)30(27,28)24-11-5-13(9-1-2-9)17(22)14(6-11)19(26)23-12-7-29-8-12/h3-6,9,12,24-25H,1-2,7-8H2,(H,23,26). The lowest BCUT2D eigenvalue weighted by atomic mass is 10.0. The van der Waals surface area contributed by atoms with Gasteiger partial charge in [-0.05, 0) is 48.6 Å². The molecule has 0 radical (unpaired) electrons. The third-order valence-corrected chi connectivity index (χ3v) is 7.01. The monoisotopic (exact) mass is 518 g/mol. The molecule has 0 bridgehead atoms. The summed E-state index contributed by atoms with van der Waals surface area (Å²) in [6.45, 7) is 0.691. The summed E-state index contributed by atoms with van der Waals surface area (Å²) in [6.07, 6.45) is 1.51. The van der Waals surface area contributed by atoms with Crippen LogP contribution in [0.5, 0.6) is 5.75 Å². The molecule has 2 aromatic carbocycles. The van der Waals surface area contributed by atoms with Crippen LogP contribution in [0.3, 0.4) is 0 Å². The highest BCUT2D eigenvalue weighted by molar-refractivity contribution is 9.10. The number of rotatable bonds is 6. The Bertz CT molecular complexity index is 1140. The lowest BCUT2D eigenvalue weighted by molar-refractivity contribution is -0.00353. The molecule has 4 rings (SSSR count). The fraction of sp³-hybridized carbons (Fsp3) is 0.316. The summed E-state index contributed by atoms with van der Waals surface area (Å²) in [5.74, 6) is -1.98. The lowest BCUT2D eigenvalue weighted by Gasteiger charge is -2.27. The normalized spacial score (nSPS) is 16.8. The molecule has 1 heterocycles. The van der Waals surface area contributed by atoms with Crippen LogP contribution in [-0.2, 0) is 14.8 Å². The van der Waals surface area contributed by atoms with Gasteiger partial charge in [-0.1, -0.05) is 27.5 Å². The Kier molecular flexibility index (Phi) is 5.69. The molecule has 160 valence electrons. The van der Waals surface area contributed by atoms with Crippen LogP contribution < -0.4 is 10.0 Å². The van der Waals surface area contributed by atoms with Crippen molar-refractivity contribution in [3.63, 3.8) is 0 Å². The molecule has 0 atom stereocenters. The van der Waals surface area contributed by atoms with Crippen LogP contribution in [0.15, 0.2) is 33.6 Å². The molecule has 1 aliphatic heterocycles. The third-order valence-electron chi connectivity index (χ3n) is 4.87.